The monoisotopic (exact) mass is 1080 g/mol. The Morgan fingerprint density at radius 2 is 1.62 bits per heavy atom. The van der Waals surface area contributed by atoms with Crippen molar-refractivity contribution in [3.8, 4) is 11.5 Å². The van der Waals surface area contributed by atoms with Crippen molar-refractivity contribution in [1.82, 2.24) is 20.1 Å². The van der Waals surface area contributed by atoms with Gasteiger partial charge in [0, 0.05) is 87.4 Å². The minimum absolute atomic E-state index is 0.0622. The number of carbonyl (C=O) groups is 5. The fourth-order valence-corrected chi connectivity index (χ4v) is 10.9. The number of nitrogens with zero attached hydrogens (tertiary/aromatic N) is 3. The van der Waals surface area contributed by atoms with Gasteiger partial charge >= 0.3 is 18.1 Å². The summed E-state index contributed by atoms with van der Waals surface area (Å²) >= 11 is 12.5. The van der Waals surface area contributed by atoms with Crippen molar-refractivity contribution in [1.29, 1.82) is 0 Å². The molecule has 14 atom stereocenters. The largest absolute Gasteiger partial charge is 0.493 e. The zero-order valence-electron chi connectivity index (χ0n) is 44.9. The van der Waals surface area contributed by atoms with Crippen LogP contribution >= 0.6 is 23.2 Å². The molecule has 0 radical (unpaired) electrons. The first-order valence-corrected chi connectivity index (χ1v) is 26.3. The molecular formula is C53H78Cl2N4O15. The summed E-state index contributed by atoms with van der Waals surface area (Å²) in [7, 11) is 4.57. The lowest BCUT2D eigenvalue weighted by atomic mass is 9.71. The number of aliphatic hydroxyl groups is 2. The van der Waals surface area contributed by atoms with Crippen LogP contribution in [-0.2, 0) is 44.4 Å². The van der Waals surface area contributed by atoms with E-state index in [0.717, 1.165) is 0 Å². The van der Waals surface area contributed by atoms with E-state index in [1.807, 2.05) is 6.92 Å². The van der Waals surface area contributed by atoms with Gasteiger partial charge in [-0.2, -0.15) is 0 Å². The van der Waals surface area contributed by atoms with Crippen molar-refractivity contribution >= 4 is 52.9 Å². The van der Waals surface area contributed by atoms with Crippen LogP contribution in [0, 0.1) is 29.6 Å². The molecule has 21 heteroatoms. The molecule has 3 fully saturated rings. The fraction of sp³-hybridized carbons (Fsp3) is 0.698. The Hall–Kier alpha value is -4.34. The minimum Gasteiger partial charge on any atom is -0.493 e. The second-order valence-corrected chi connectivity index (χ2v) is 21.3. The number of esters is 1. The molecule has 1 aromatic heterocycles. The maximum atomic E-state index is 14.7. The Balaban J connectivity index is 1.31. The van der Waals surface area contributed by atoms with Crippen LogP contribution < -0.4 is 14.8 Å². The summed E-state index contributed by atoms with van der Waals surface area (Å²) in [5.41, 5.74) is -2.09. The van der Waals surface area contributed by atoms with Gasteiger partial charge in [-0.05, 0) is 71.6 Å². The number of Topliss-reactive ketones (excluding diaryl/α,β-unsaturated/α-hetero) is 2. The van der Waals surface area contributed by atoms with Crippen LogP contribution in [0.25, 0.3) is 0 Å². The quantitative estimate of drug-likeness (QED) is 0.0931. The molecule has 2 aromatic rings. The molecule has 3 aliphatic heterocycles. The number of methoxy groups -OCH3 is 2. The van der Waals surface area contributed by atoms with Gasteiger partial charge < -0.3 is 63.2 Å². The van der Waals surface area contributed by atoms with Gasteiger partial charge in [0.05, 0.1) is 72.8 Å². The number of ether oxygens (including phenoxy) is 8. The lowest BCUT2D eigenvalue weighted by Crippen LogP contribution is -2.62. The highest BCUT2D eigenvalue weighted by Gasteiger charge is 2.53. The molecular weight excluding hydrogens is 1000 g/mol. The van der Waals surface area contributed by atoms with E-state index in [4.69, 9.17) is 61.1 Å². The summed E-state index contributed by atoms with van der Waals surface area (Å²) in [6, 6.07) is 3.82. The van der Waals surface area contributed by atoms with Crippen LogP contribution in [0.1, 0.15) is 104 Å². The summed E-state index contributed by atoms with van der Waals surface area (Å²) in [6.07, 6.45) is -3.82. The summed E-state index contributed by atoms with van der Waals surface area (Å²) in [6.45, 7) is 17.3. The van der Waals surface area contributed by atoms with Gasteiger partial charge in [-0.15, -0.1) is 0 Å². The van der Waals surface area contributed by atoms with Crippen LogP contribution in [0.2, 0.25) is 10.0 Å². The topological polar surface area (TPSA) is 231 Å². The summed E-state index contributed by atoms with van der Waals surface area (Å²) in [4.78, 5) is 76.6. The number of carbonyl (C=O) groups excluding carboxylic acids is 5. The molecule has 0 spiro atoms. The summed E-state index contributed by atoms with van der Waals surface area (Å²) in [5, 5.41) is 27.3. The molecule has 3 amide bonds. The normalized spacial score (nSPS) is 32.4. The van der Waals surface area contributed by atoms with E-state index in [0.29, 0.717) is 61.8 Å². The number of rotatable bonds is 15. The van der Waals surface area contributed by atoms with Gasteiger partial charge in [-0.1, -0.05) is 57.8 Å². The smallest absolute Gasteiger partial charge is 0.407 e. The van der Waals surface area contributed by atoms with Crippen molar-refractivity contribution in [3.05, 3.63) is 51.8 Å². The predicted molar refractivity (Wildman–Crippen MR) is 274 cm³/mol. The molecule has 3 N–H and O–H groups in total. The Kier molecular flexibility index (Phi) is 21.8. The van der Waals surface area contributed by atoms with Crippen LogP contribution in [0.4, 0.5) is 9.59 Å². The number of aliphatic hydroxyl groups excluding tert-OH is 2. The Morgan fingerprint density at radius 1 is 0.959 bits per heavy atom. The number of halogens is 2. The van der Waals surface area contributed by atoms with Gasteiger partial charge in [-0.3, -0.25) is 19.4 Å². The number of pyridine rings is 1. The zero-order chi connectivity index (χ0) is 54.8. The minimum atomic E-state index is -1.56. The van der Waals surface area contributed by atoms with E-state index in [2.05, 4.69) is 10.3 Å². The van der Waals surface area contributed by atoms with E-state index >= 15 is 0 Å². The van der Waals surface area contributed by atoms with E-state index < -0.39 is 95.7 Å². The van der Waals surface area contributed by atoms with E-state index in [1.54, 1.807) is 78.6 Å². The van der Waals surface area contributed by atoms with Crippen molar-refractivity contribution in [2.24, 2.45) is 29.6 Å². The molecule has 0 saturated carbocycles. The number of ketones is 2. The van der Waals surface area contributed by atoms with Crippen molar-refractivity contribution in [2.75, 3.05) is 60.7 Å². The first-order chi connectivity index (χ1) is 34.9. The molecule has 414 valence electrons. The number of alkyl carbamates (subject to hydrolysis) is 1. The second kappa shape index (κ2) is 26.6. The van der Waals surface area contributed by atoms with Gasteiger partial charge in [-0.25, -0.2) is 9.59 Å². The van der Waals surface area contributed by atoms with Gasteiger partial charge in [0.25, 0.3) is 0 Å². The average Bonchev–Trinajstić information content (AvgIpc) is 3.38. The van der Waals surface area contributed by atoms with E-state index in [-0.39, 0.29) is 60.1 Å². The highest BCUT2D eigenvalue weighted by atomic mass is 35.5. The number of nitrogens with one attached hydrogen (secondary N) is 1. The molecule has 5 rings (SSSR count). The number of hydrogen-bond donors (Lipinski definition) is 3. The van der Waals surface area contributed by atoms with Crippen molar-refractivity contribution in [2.45, 2.75) is 148 Å². The molecule has 74 heavy (non-hydrogen) atoms. The third-order valence-corrected chi connectivity index (χ3v) is 16.1. The van der Waals surface area contributed by atoms with Gasteiger partial charge in [0.15, 0.2) is 29.2 Å². The van der Waals surface area contributed by atoms with Crippen LogP contribution in [0.5, 0.6) is 11.5 Å². The maximum Gasteiger partial charge on any atom is 0.407 e. The Morgan fingerprint density at radius 3 is 2.24 bits per heavy atom. The molecule has 19 nitrogen and oxygen atoms in total. The third-order valence-electron chi connectivity index (χ3n) is 15.4. The standard InChI is InChI=1S/C53H78Cl2N4O15/c1-13-43-53(9,74-50(65)57-17-14-20-70-42-24-35(15-16-41(42)67-11)40(60)25-36-37(54)27-56-28-38(36)55)34(7)31(4)44(61)29(2)26-52(8,68-12)47(32(5)45(62)33(6)48(64)72-43)73-49-46(63)39(23-30(3)71-49)58(10)51(66)59-18-21-69-22-19-59/h15-16,24,27-34,39,43,45-47,49,62-63H,13-14,17-23,25-26H2,1-12H3,(H,57,65)/t29-,30-,31-,32+,33-,34-,39+,43-,45+,46-,47-,49+,52-,53+/m1/s1. The molecule has 1 aromatic carbocycles. The number of aromatic nitrogens is 1. The van der Waals surface area contributed by atoms with Crippen LogP contribution in [0.3, 0.4) is 0 Å². The fourth-order valence-electron chi connectivity index (χ4n) is 10.4. The lowest BCUT2D eigenvalue weighted by Gasteiger charge is -2.49. The predicted octanol–water partition coefficient (Wildman–Crippen LogP) is 6.95. The highest BCUT2D eigenvalue weighted by molar-refractivity contribution is 6.36. The zero-order valence-corrected chi connectivity index (χ0v) is 46.4. The highest BCUT2D eigenvalue weighted by Crippen LogP contribution is 2.42. The molecule has 0 bridgehead atoms. The van der Waals surface area contributed by atoms with Gasteiger partial charge in [0.1, 0.15) is 18.0 Å². The summed E-state index contributed by atoms with van der Waals surface area (Å²) in [5.74, 6) is -4.76. The van der Waals surface area contributed by atoms with Crippen molar-refractivity contribution < 1.29 is 72.1 Å². The van der Waals surface area contributed by atoms with E-state index in [1.165, 1.54) is 38.4 Å². The Bertz CT molecular complexity index is 2230. The molecule has 3 aliphatic rings. The number of hydrogen-bond acceptors (Lipinski definition) is 16. The van der Waals surface area contributed by atoms with Gasteiger partial charge in [0.2, 0.25) is 0 Å². The summed E-state index contributed by atoms with van der Waals surface area (Å²) < 4.78 is 48.5. The number of cyclic esters (lactones) is 1. The second-order valence-electron chi connectivity index (χ2n) is 20.5. The van der Waals surface area contributed by atoms with E-state index in [9.17, 15) is 34.2 Å². The first kappa shape index (κ1) is 60.5. The average molecular weight is 1080 g/mol. The number of morpholine rings is 1. The molecule has 0 unspecified atom stereocenters. The number of benzene rings is 1. The maximum absolute atomic E-state index is 14.7. The van der Waals surface area contributed by atoms with Crippen LogP contribution in [-0.4, -0.2) is 169 Å². The number of likely N-dealkylation sites (N-methyl/N-ethyl adjacent to an activating group) is 1. The van der Waals surface area contributed by atoms with Crippen LogP contribution in [0.15, 0.2) is 30.6 Å². The third kappa shape index (κ3) is 14.2. The first-order valence-electron chi connectivity index (χ1n) is 25.6. The molecule has 0 aliphatic carbocycles. The number of amides is 3. The number of urea groups is 1. The lowest BCUT2D eigenvalue weighted by molar-refractivity contribution is -0.300. The van der Waals surface area contributed by atoms with Crippen molar-refractivity contribution in [3.63, 3.8) is 0 Å². The SMILES string of the molecule is CC[C@H]1OC(=O)[C@H](C)[C@@H](O)[C@H](C)[C@@H](O[C@@H]2O[C@H](C)C[C@H](N(C)C(=O)N3CCOCC3)[C@H]2O)[C@](C)(OC)C[C@@H](C)C(=O)[C@H](C)[C@@H](C)[C@]1(C)OC(=O)NCCCOc1cc(C(=O)Cc2c(Cl)cncc2Cl)ccc1OC. The molecule has 3 saturated heterocycles. The Labute approximate surface area is 445 Å². The molecule has 4 heterocycles.